The highest BCUT2D eigenvalue weighted by Crippen LogP contribution is 2.25. The molecule has 0 spiro atoms. The summed E-state index contributed by atoms with van der Waals surface area (Å²) < 4.78 is 36.6. The average Bonchev–Trinajstić information content (AvgIpc) is 2.71. The Morgan fingerprint density at radius 2 is 2.00 bits per heavy atom. The molecule has 0 saturated carbocycles. The number of alkyl halides is 2. The second-order valence-electron chi connectivity index (χ2n) is 6.14. The van der Waals surface area contributed by atoms with Gasteiger partial charge >= 0.3 is 6.61 Å². The number of nitrogens with one attached hydrogen (secondary N) is 2. The van der Waals surface area contributed by atoms with Crippen LogP contribution in [-0.2, 0) is 13.1 Å². The summed E-state index contributed by atoms with van der Waals surface area (Å²) in [7, 11) is 3.13. The summed E-state index contributed by atoms with van der Waals surface area (Å²) in [4.78, 5) is 15.8. The van der Waals surface area contributed by atoms with Crippen LogP contribution in [0.5, 0.6) is 11.5 Å². The van der Waals surface area contributed by atoms with Gasteiger partial charge in [0.15, 0.2) is 5.96 Å². The normalized spacial score (nSPS) is 11.0. The molecule has 10 heteroatoms. The molecule has 0 aliphatic rings. The van der Waals surface area contributed by atoms with Gasteiger partial charge in [0.2, 0.25) is 5.56 Å². The van der Waals surface area contributed by atoms with Gasteiger partial charge < -0.3 is 24.7 Å². The summed E-state index contributed by atoms with van der Waals surface area (Å²) >= 11 is 0. The molecular formula is C20H27F2IN4O3. The van der Waals surface area contributed by atoms with Gasteiger partial charge in [-0.15, -0.1) is 24.0 Å². The van der Waals surface area contributed by atoms with Crippen LogP contribution >= 0.6 is 24.0 Å². The Morgan fingerprint density at radius 1 is 1.20 bits per heavy atom. The lowest BCUT2D eigenvalue weighted by Crippen LogP contribution is -2.37. The first kappa shape index (κ1) is 25.7. The van der Waals surface area contributed by atoms with Gasteiger partial charge in [-0.2, -0.15) is 8.78 Å². The fourth-order valence-corrected chi connectivity index (χ4v) is 2.69. The summed E-state index contributed by atoms with van der Waals surface area (Å²) in [6.45, 7) is -1.37. The smallest absolute Gasteiger partial charge is 0.387 e. The van der Waals surface area contributed by atoms with Crippen molar-refractivity contribution >= 4 is 29.9 Å². The van der Waals surface area contributed by atoms with Gasteiger partial charge in [-0.3, -0.25) is 9.79 Å². The number of methoxy groups -OCH3 is 1. The number of ether oxygens (including phenoxy) is 2. The fraction of sp³-hybridized carbons (Fsp3) is 0.400. The molecule has 1 heterocycles. The second kappa shape index (κ2) is 13.8. The zero-order valence-corrected chi connectivity index (χ0v) is 19.3. The van der Waals surface area contributed by atoms with E-state index in [0.717, 1.165) is 12.8 Å². The number of aliphatic imine (C=N–C) groups is 1. The van der Waals surface area contributed by atoms with E-state index < -0.39 is 6.61 Å². The largest absolute Gasteiger partial charge is 0.497 e. The number of hydrogen-bond acceptors (Lipinski definition) is 4. The summed E-state index contributed by atoms with van der Waals surface area (Å²) in [5, 5.41) is 6.23. The summed E-state index contributed by atoms with van der Waals surface area (Å²) in [6, 6.07) is 9.73. The number of pyridine rings is 1. The molecule has 166 valence electrons. The molecule has 0 radical (unpaired) electrons. The number of rotatable bonds is 10. The van der Waals surface area contributed by atoms with E-state index in [2.05, 4.69) is 20.4 Å². The van der Waals surface area contributed by atoms with Gasteiger partial charge in [0.25, 0.3) is 0 Å². The zero-order chi connectivity index (χ0) is 21.1. The van der Waals surface area contributed by atoms with Gasteiger partial charge in [-0.1, -0.05) is 6.07 Å². The Kier molecular flexibility index (Phi) is 11.8. The van der Waals surface area contributed by atoms with E-state index in [0.29, 0.717) is 30.4 Å². The van der Waals surface area contributed by atoms with E-state index in [1.807, 2.05) is 6.07 Å². The van der Waals surface area contributed by atoms with Crippen LogP contribution in [0.25, 0.3) is 0 Å². The van der Waals surface area contributed by atoms with Crippen LogP contribution in [0.4, 0.5) is 8.78 Å². The maximum Gasteiger partial charge on any atom is 0.387 e. The Bertz CT molecular complexity index is 862. The lowest BCUT2D eigenvalue weighted by molar-refractivity contribution is -0.0504. The third-order valence-corrected chi connectivity index (χ3v) is 4.17. The van der Waals surface area contributed by atoms with Crippen molar-refractivity contribution in [3.05, 3.63) is 58.5 Å². The molecule has 1 aromatic heterocycles. The highest BCUT2D eigenvalue weighted by molar-refractivity contribution is 14.0. The van der Waals surface area contributed by atoms with Gasteiger partial charge in [0, 0.05) is 44.5 Å². The molecule has 0 bridgehead atoms. The molecule has 2 N–H and O–H groups in total. The van der Waals surface area contributed by atoms with Crippen molar-refractivity contribution in [1.29, 1.82) is 0 Å². The molecule has 7 nitrogen and oxygen atoms in total. The molecule has 1 aromatic carbocycles. The minimum atomic E-state index is -2.91. The fourth-order valence-electron chi connectivity index (χ4n) is 2.69. The molecule has 0 aliphatic heterocycles. The van der Waals surface area contributed by atoms with Crippen molar-refractivity contribution in [3.8, 4) is 11.5 Å². The second-order valence-corrected chi connectivity index (χ2v) is 6.14. The summed E-state index contributed by atoms with van der Waals surface area (Å²) in [5.41, 5.74) is 0.508. The number of halogens is 3. The van der Waals surface area contributed by atoms with Gasteiger partial charge in [0.1, 0.15) is 11.5 Å². The Morgan fingerprint density at radius 3 is 2.67 bits per heavy atom. The van der Waals surface area contributed by atoms with Crippen LogP contribution in [-0.4, -0.2) is 37.8 Å². The first-order valence-electron chi connectivity index (χ1n) is 9.25. The van der Waals surface area contributed by atoms with Gasteiger partial charge in [0.05, 0.1) is 7.11 Å². The Hall–Kier alpha value is -2.37. The van der Waals surface area contributed by atoms with E-state index in [9.17, 15) is 13.6 Å². The number of unbranched alkanes of at least 4 members (excludes halogenated alkanes) is 1. The van der Waals surface area contributed by atoms with Crippen molar-refractivity contribution < 1.29 is 18.3 Å². The molecule has 0 unspecified atom stereocenters. The number of aryl methyl sites for hydroxylation is 1. The van der Waals surface area contributed by atoms with Crippen LogP contribution < -0.4 is 25.7 Å². The molecule has 0 atom stereocenters. The monoisotopic (exact) mass is 536 g/mol. The molecule has 0 saturated heterocycles. The molecule has 0 fully saturated rings. The molecule has 30 heavy (non-hydrogen) atoms. The number of aromatic nitrogens is 1. The van der Waals surface area contributed by atoms with Crippen LogP contribution in [0.3, 0.4) is 0 Å². The average molecular weight is 536 g/mol. The molecule has 2 rings (SSSR count). The molecule has 0 aliphatic carbocycles. The first-order valence-corrected chi connectivity index (χ1v) is 9.25. The summed E-state index contributed by atoms with van der Waals surface area (Å²) in [5.74, 6) is 1.16. The van der Waals surface area contributed by atoms with E-state index >= 15 is 0 Å². The minimum Gasteiger partial charge on any atom is -0.497 e. The zero-order valence-electron chi connectivity index (χ0n) is 16.9. The molecular weight excluding hydrogens is 509 g/mol. The SMILES string of the molecule is CN=C(NCCCCn1ccccc1=O)NCc1cc(OC)ccc1OC(F)F.I. The summed E-state index contributed by atoms with van der Waals surface area (Å²) in [6.07, 6.45) is 3.43. The number of guanidine groups is 1. The number of nitrogens with zero attached hydrogens (tertiary/aromatic N) is 2. The quantitative estimate of drug-likeness (QED) is 0.211. The van der Waals surface area contributed by atoms with Crippen molar-refractivity contribution in [1.82, 2.24) is 15.2 Å². The Balaban J connectivity index is 0.00000450. The standard InChI is InChI=1S/C20H26F2N4O3.HI/c1-23-20(24-10-4-6-12-26-11-5-3-7-18(26)27)25-14-15-13-16(28-2)8-9-17(15)29-19(21)22;/h3,5,7-9,11,13,19H,4,6,10,12,14H2,1-2H3,(H2,23,24,25);1H. The Labute approximate surface area is 191 Å². The molecule has 2 aromatic rings. The van der Waals surface area contributed by atoms with E-state index in [4.69, 9.17) is 4.74 Å². The van der Waals surface area contributed by atoms with Crippen molar-refractivity contribution in [2.24, 2.45) is 4.99 Å². The number of hydrogen-bond donors (Lipinski definition) is 2. The van der Waals surface area contributed by atoms with E-state index in [1.54, 1.807) is 36.0 Å². The van der Waals surface area contributed by atoms with Crippen LogP contribution in [0.15, 0.2) is 52.4 Å². The van der Waals surface area contributed by atoms with Crippen LogP contribution in [0.1, 0.15) is 18.4 Å². The van der Waals surface area contributed by atoms with Gasteiger partial charge in [-0.25, -0.2) is 0 Å². The lowest BCUT2D eigenvalue weighted by Gasteiger charge is -2.15. The van der Waals surface area contributed by atoms with Gasteiger partial charge in [-0.05, 0) is 37.1 Å². The maximum absolute atomic E-state index is 12.6. The predicted molar refractivity (Wildman–Crippen MR) is 123 cm³/mol. The third kappa shape index (κ3) is 8.56. The lowest BCUT2D eigenvalue weighted by atomic mass is 10.2. The van der Waals surface area contributed by atoms with Crippen LogP contribution in [0.2, 0.25) is 0 Å². The first-order chi connectivity index (χ1) is 14.0. The van der Waals surface area contributed by atoms with Crippen molar-refractivity contribution in [2.75, 3.05) is 20.7 Å². The van der Waals surface area contributed by atoms with E-state index in [-0.39, 0.29) is 41.8 Å². The van der Waals surface area contributed by atoms with Crippen molar-refractivity contribution in [3.63, 3.8) is 0 Å². The van der Waals surface area contributed by atoms with E-state index in [1.165, 1.54) is 19.2 Å². The minimum absolute atomic E-state index is 0. The maximum atomic E-state index is 12.6. The number of benzene rings is 1. The van der Waals surface area contributed by atoms with Crippen LogP contribution in [0, 0.1) is 0 Å². The highest BCUT2D eigenvalue weighted by atomic mass is 127. The molecule has 0 amide bonds. The predicted octanol–water partition coefficient (Wildman–Crippen LogP) is 3.22. The third-order valence-electron chi connectivity index (χ3n) is 4.17. The van der Waals surface area contributed by atoms with Crippen molar-refractivity contribution in [2.45, 2.75) is 32.5 Å². The topological polar surface area (TPSA) is 76.9 Å². The highest BCUT2D eigenvalue weighted by Gasteiger charge is 2.11.